The number of nitrogens with one attached hydrogen (secondary N) is 1. The smallest absolute Gasteiger partial charge is 0.217 e. The molecule has 21 heavy (non-hydrogen) atoms. The van der Waals surface area contributed by atoms with Gasteiger partial charge in [-0.2, -0.15) is 0 Å². The molecule has 0 saturated heterocycles. The van der Waals surface area contributed by atoms with Crippen molar-refractivity contribution >= 4 is 5.91 Å². The third kappa shape index (κ3) is 7.38. The van der Waals surface area contributed by atoms with Gasteiger partial charge < -0.3 is 11.1 Å². The normalized spacial score (nSPS) is 14.2. The lowest BCUT2D eigenvalue weighted by molar-refractivity contribution is -0.119. The molecule has 0 spiro atoms. The number of rotatable bonds is 5. The van der Waals surface area contributed by atoms with Gasteiger partial charge in [-0.05, 0) is 37.2 Å². The molecule has 0 unspecified atom stereocenters. The zero-order chi connectivity index (χ0) is 15.7. The highest BCUT2D eigenvalue weighted by molar-refractivity contribution is 5.73. The van der Waals surface area contributed by atoms with E-state index in [1.165, 1.54) is 31.7 Å². The van der Waals surface area contributed by atoms with Crippen LogP contribution >= 0.6 is 0 Å². The van der Waals surface area contributed by atoms with Gasteiger partial charge in [0.2, 0.25) is 5.91 Å². The molecule has 1 atom stereocenters. The highest BCUT2D eigenvalue weighted by Gasteiger charge is 2.20. The Morgan fingerprint density at radius 1 is 1.48 bits per heavy atom. The van der Waals surface area contributed by atoms with Gasteiger partial charge in [0, 0.05) is 9.78 Å². The van der Waals surface area contributed by atoms with Crippen molar-refractivity contribution in [3.63, 3.8) is 0 Å². The Hall–Kier alpha value is -1.99. The molecule has 0 radical (unpaired) electrons. The van der Waals surface area contributed by atoms with Crippen molar-refractivity contribution in [2.24, 2.45) is 11.7 Å². The summed E-state index contributed by atoms with van der Waals surface area (Å²) in [6.07, 6.45) is 4.97. The summed E-state index contributed by atoms with van der Waals surface area (Å²) in [5, 5.41) is 2.68. The first-order valence-electron chi connectivity index (χ1n) is 7.53. The van der Waals surface area contributed by atoms with Crippen LogP contribution in [0.25, 0.3) is 0 Å². The van der Waals surface area contributed by atoms with Crippen molar-refractivity contribution in [3.8, 4) is 0 Å². The fourth-order valence-electron chi connectivity index (χ4n) is 2.04. The molecule has 118 valence electrons. The zero-order valence-electron chi connectivity index (χ0n) is 13.1. The van der Waals surface area contributed by atoms with Gasteiger partial charge in [-0.1, -0.05) is 43.8 Å². The summed E-state index contributed by atoms with van der Waals surface area (Å²) in [6, 6.07) is 10.6. The number of benzene rings is 1. The van der Waals surface area contributed by atoms with Gasteiger partial charge in [-0.25, -0.2) is 0 Å². The van der Waals surface area contributed by atoms with E-state index in [2.05, 4.69) is 48.0 Å². The average Bonchev–Trinajstić information content (AvgIpc) is 3.29. The lowest BCUT2D eigenvalue weighted by Crippen LogP contribution is -2.36. The van der Waals surface area contributed by atoms with Crippen molar-refractivity contribution in [2.45, 2.75) is 45.6 Å². The van der Waals surface area contributed by atoms with Crippen molar-refractivity contribution in [1.29, 1.82) is 0 Å². The molecule has 3 N–H and O–H groups in total. The summed E-state index contributed by atoms with van der Waals surface area (Å²) >= 11 is 0. The van der Waals surface area contributed by atoms with Crippen LogP contribution in [0.1, 0.15) is 41.5 Å². The summed E-state index contributed by atoms with van der Waals surface area (Å²) in [7, 11) is 0. The van der Waals surface area contributed by atoms with Crippen molar-refractivity contribution < 1.29 is 7.65 Å². The molecule has 0 heterocycles. The summed E-state index contributed by atoms with van der Waals surface area (Å²) in [6.45, 7) is 6.79. The fraction of sp³-hybridized carbons (Fsp3) is 0.444. The molecule has 1 aliphatic carbocycles. The van der Waals surface area contributed by atoms with Gasteiger partial charge in [0.05, 0.1) is 11.7 Å². The number of hydrogen-bond donors (Lipinski definition) is 2. The average molecular weight is 290 g/mol. The molecule has 0 bridgehead atoms. The Labute approximate surface area is 130 Å². The van der Waals surface area contributed by atoms with E-state index in [-0.39, 0.29) is 14.8 Å². The molecule has 3 nitrogen and oxygen atoms in total. The number of carbonyl (C=O) groups excluding carboxylic acids is 1. The van der Waals surface area contributed by atoms with Crippen LogP contribution in [-0.4, -0.2) is 11.9 Å². The maximum absolute atomic E-state index is 10.6. The second-order valence-corrected chi connectivity index (χ2v) is 5.43. The molecule has 2 rings (SSSR count). The summed E-state index contributed by atoms with van der Waals surface area (Å²) in [5.74, 6) is 0.928. The highest BCUT2D eigenvalue weighted by atomic mass is 16.1. The topological polar surface area (TPSA) is 55.1 Å². The predicted octanol–water partition coefficient (Wildman–Crippen LogP) is 3.66. The Bertz CT molecular complexity index is 495. The van der Waals surface area contributed by atoms with Crippen LogP contribution < -0.4 is 11.1 Å². The third-order valence-electron chi connectivity index (χ3n) is 3.43. The minimum Gasteiger partial charge on any atom is -0.394 e. The van der Waals surface area contributed by atoms with E-state index < -0.39 is 0 Å². The molecule has 1 aromatic rings. The van der Waals surface area contributed by atoms with Crippen LogP contribution in [-0.2, 0) is 11.2 Å². The molecule has 1 fully saturated rings. The van der Waals surface area contributed by atoms with Crippen LogP contribution in [0.3, 0.4) is 0 Å². The van der Waals surface area contributed by atoms with E-state index in [4.69, 9.17) is 5.73 Å². The Morgan fingerprint density at radius 3 is 2.52 bits per heavy atom. The second-order valence-electron chi connectivity index (χ2n) is 5.43. The van der Waals surface area contributed by atoms with Crippen LogP contribution in [0.2, 0.25) is 0 Å². The SMILES string of the molecule is C=C=C(N)[C@H](CC)NC(C)=O.[HH].[HH].c1ccc(CC2CC2)cc1. The zero-order valence-corrected chi connectivity index (χ0v) is 13.1. The maximum atomic E-state index is 10.6. The lowest BCUT2D eigenvalue weighted by atomic mass is 10.1. The molecule has 1 aliphatic rings. The monoisotopic (exact) mass is 290 g/mol. The first-order chi connectivity index (χ1) is 10.1. The van der Waals surface area contributed by atoms with E-state index in [1.54, 1.807) is 0 Å². The second kappa shape index (κ2) is 9.04. The number of hydrogen-bond acceptors (Lipinski definition) is 2. The van der Waals surface area contributed by atoms with Gasteiger partial charge >= 0.3 is 0 Å². The van der Waals surface area contributed by atoms with E-state index in [1.807, 2.05) is 6.92 Å². The van der Waals surface area contributed by atoms with E-state index in [0.29, 0.717) is 5.70 Å². The Morgan fingerprint density at radius 2 is 2.10 bits per heavy atom. The van der Waals surface area contributed by atoms with Crippen molar-refractivity contribution in [2.75, 3.05) is 0 Å². The minimum atomic E-state index is -0.120. The lowest BCUT2D eigenvalue weighted by Gasteiger charge is -2.13. The third-order valence-corrected chi connectivity index (χ3v) is 3.43. The molecule has 1 amide bonds. The van der Waals surface area contributed by atoms with Gasteiger partial charge in [-0.3, -0.25) is 4.79 Å². The van der Waals surface area contributed by atoms with Crippen LogP contribution in [0, 0.1) is 5.92 Å². The first-order valence-corrected chi connectivity index (χ1v) is 7.53. The molecular weight excluding hydrogens is 260 g/mol. The minimum absolute atomic E-state index is 0. The van der Waals surface area contributed by atoms with E-state index in [9.17, 15) is 4.79 Å². The first kappa shape index (κ1) is 17.1. The maximum Gasteiger partial charge on any atom is 0.217 e. The highest BCUT2D eigenvalue weighted by Crippen LogP contribution is 2.32. The molecule has 0 aromatic heterocycles. The van der Waals surface area contributed by atoms with Gasteiger partial charge in [0.15, 0.2) is 0 Å². The van der Waals surface area contributed by atoms with E-state index >= 15 is 0 Å². The molecule has 0 aliphatic heterocycles. The number of carbonyl (C=O) groups is 1. The Kier molecular flexibility index (Phi) is 7.34. The van der Waals surface area contributed by atoms with Crippen LogP contribution in [0.4, 0.5) is 0 Å². The van der Waals surface area contributed by atoms with Gasteiger partial charge in [-0.15, -0.1) is 5.73 Å². The number of nitrogens with two attached hydrogens (primary N) is 1. The number of amides is 1. The van der Waals surface area contributed by atoms with Crippen LogP contribution in [0.5, 0.6) is 0 Å². The largest absolute Gasteiger partial charge is 0.394 e. The van der Waals surface area contributed by atoms with Crippen LogP contribution in [0.15, 0.2) is 48.3 Å². The van der Waals surface area contributed by atoms with Gasteiger partial charge in [0.25, 0.3) is 0 Å². The summed E-state index contributed by atoms with van der Waals surface area (Å²) < 4.78 is 0. The molecular formula is C18H30N2O. The fourth-order valence-corrected chi connectivity index (χ4v) is 2.04. The molecule has 1 aromatic carbocycles. The summed E-state index contributed by atoms with van der Waals surface area (Å²) in [4.78, 5) is 10.6. The molecule has 1 saturated carbocycles. The van der Waals surface area contributed by atoms with Gasteiger partial charge in [0.1, 0.15) is 0 Å². The Balaban J connectivity index is 0. The summed E-state index contributed by atoms with van der Waals surface area (Å²) in [5.41, 5.74) is 10.0. The van der Waals surface area contributed by atoms with Crippen molar-refractivity contribution in [1.82, 2.24) is 5.32 Å². The van der Waals surface area contributed by atoms with E-state index in [0.717, 1.165) is 12.3 Å². The quantitative estimate of drug-likeness (QED) is 0.813. The van der Waals surface area contributed by atoms with Crippen molar-refractivity contribution in [3.05, 3.63) is 53.9 Å². The predicted molar refractivity (Wildman–Crippen MR) is 91.8 cm³/mol. The standard InChI is InChI=1S/C10H12.C8H14N2O.2H2/c1-2-4-9(5-3-1)8-10-6-7-10;1-4-7(9)8(5-2)10-6(3)11;;/h1-5,10H,6-8H2;8H,1,5,9H2,2-3H3,(H,10,11);2*1H/t;8-;;/m.0../s1. The molecule has 3 heteroatoms.